The number of rotatable bonds is 5. The van der Waals surface area contributed by atoms with Crippen molar-refractivity contribution >= 4 is 17.7 Å². The number of carbonyl (C=O) groups excluding carboxylic acids is 3. The van der Waals surface area contributed by atoms with Crippen molar-refractivity contribution in [3.8, 4) is 0 Å². The van der Waals surface area contributed by atoms with Crippen molar-refractivity contribution in [3.63, 3.8) is 0 Å². The van der Waals surface area contributed by atoms with Gasteiger partial charge >= 0.3 is 0 Å². The first kappa shape index (κ1) is 19.9. The number of carbonyl (C=O) groups is 3. The number of fused-ring (bicyclic) bond motifs is 1. The Kier molecular flexibility index (Phi) is 5.62. The number of amides is 3. The van der Waals surface area contributed by atoms with Crippen LogP contribution < -0.4 is 16.0 Å². The molecule has 2 fully saturated rings. The molecule has 3 amide bonds. The average Bonchev–Trinajstić information content (AvgIpc) is 2.85. The van der Waals surface area contributed by atoms with E-state index >= 15 is 0 Å². The van der Waals surface area contributed by atoms with Crippen LogP contribution in [0.15, 0.2) is 18.2 Å². The summed E-state index contributed by atoms with van der Waals surface area (Å²) in [5.41, 5.74) is 0.897. The molecule has 9 heteroatoms. The minimum absolute atomic E-state index is 0.0621. The molecule has 1 aromatic rings. The third-order valence-corrected chi connectivity index (χ3v) is 5.58. The predicted molar refractivity (Wildman–Crippen MR) is 102 cm³/mol. The Morgan fingerprint density at radius 2 is 2.17 bits per heavy atom. The largest absolute Gasteiger partial charge is 0.377 e. The number of nitrogens with zero attached hydrogens (tertiary/aromatic N) is 1. The summed E-state index contributed by atoms with van der Waals surface area (Å²) in [7, 11) is 0. The highest BCUT2D eigenvalue weighted by molar-refractivity contribution is 6.05. The van der Waals surface area contributed by atoms with Crippen LogP contribution in [0.4, 0.5) is 4.39 Å². The van der Waals surface area contributed by atoms with Gasteiger partial charge in [-0.2, -0.15) is 0 Å². The van der Waals surface area contributed by atoms with Crippen molar-refractivity contribution in [2.45, 2.75) is 37.6 Å². The molecule has 8 nitrogen and oxygen atoms in total. The summed E-state index contributed by atoms with van der Waals surface area (Å²) >= 11 is 0. The average molecular weight is 404 g/mol. The maximum absolute atomic E-state index is 14.8. The Morgan fingerprint density at radius 3 is 3.00 bits per heavy atom. The molecule has 1 aromatic carbocycles. The zero-order chi connectivity index (χ0) is 20.4. The van der Waals surface area contributed by atoms with E-state index in [1.54, 1.807) is 6.07 Å². The Hall–Kier alpha value is -2.36. The van der Waals surface area contributed by atoms with Crippen molar-refractivity contribution in [1.82, 2.24) is 20.9 Å². The number of piperidine rings is 1. The Balaban J connectivity index is 1.37. The molecule has 3 aliphatic heterocycles. The van der Waals surface area contributed by atoms with Crippen molar-refractivity contribution in [2.24, 2.45) is 0 Å². The summed E-state index contributed by atoms with van der Waals surface area (Å²) < 4.78 is 20.1. The van der Waals surface area contributed by atoms with Crippen LogP contribution in [-0.2, 0) is 27.4 Å². The lowest BCUT2D eigenvalue weighted by molar-refractivity contribution is -0.136. The van der Waals surface area contributed by atoms with Gasteiger partial charge in [-0.15, -0.1) is 0 Å². The molecule has 29 heavy (non-hydrogen) atoms. The maximum Gasteiger partial charge on any atom is 0.255 e. The molecule has 2 unspecified atom stereocenters. The molecule has 0 aliphatic carbocycles. The van der Waals surface area contributed by atoms with Crippen molar-refractivity contribution in [1.29, 1.82) is 0 Å². The van der Waals surface area contributed by atoms with Crippen LogP contribution in [0.25, 0.3) is 0 Å². The first-order valence-corrected chi connectivity index (χ1v) is 9.90. The summed E-state index contributed by atoms with van der Waals surface area (Å²) in [6.07, 6.45) is 0.572. The van der Waals surface area contributed by atoms with Gasteiger partial charge in [0.1, 0.15) is 6.04 Å². The molecule has 0 radical (unpaired) electrons. The fourth-order valence-electron chi connectivity index (χ4n) is 4.04. The van der Waals surface area contributed by atoms with Crippen molar-refractivity contribution in [3.05, 3.63) is 34.9 Å². The zero-order valence-corrected chi connectivity index (χ0v) is 16.1. The lowest BCUT2D eigenvalue weighted by atomic mass is 10.0. The summed E-state index contributed by atoms with van der Waals surface area (Å²) in [6, 6.07) is 4.88. The molecular weight excluding hydrogens is 379 g/mol. The van der Waals surface area contributed by atoms with E-state index in [2.05, 4.69) is 16.0 Å². The maximum atomic E-state index is 14.8. The van der Waals surface area contributed by atoms with E-state index in [0.29, 0.717) is 38.2 Å². The summed E-state index contributed by atoms with van der Waals surface area (Å²) in [5.74, 6) is -0.918. The smallest absolute Gasteiger partial charge is 0.255 e. The minimum atomic E-state index is -1.45. The SMILES string of the molecule is O=C1CCC(N2Cc3cc(CNCC4(F)CNCCOC4)ccc3C2=O)C(=O)N1. The Labute approximate surface area is 168 Å². The van der Waals surface area contributed by atoms with Gasteiger partial charge in [0.05, 0.1) is 13.2 Å². The number of nitrogens with one attached hydrogen (secondary N) is 3. The Bertz CT molecular complexity index is 823. The number of hydrogen-bond donors (Lipinski definition) is 3. The van der Waals surface area contributed by atoms with E-state index < -0.39 is 17.6 Å². The topological polar surface area (TPSA) is 99.8 Å². The van der Waals surface area contributed by atoms with Gasteiger partial charge in [-0.1, -0.05) is 12.1 Å². The number of benzene rings is 1. The van der Waals surface area contributed by atoms with Gasteiger partial charge in [-0.3, -0.25) is 19.7 Å². The number of alkyl halides is 1. The highest BCUT2D eigenvalue weighted by Gasteiger charge is 2.39. The highest BCUT2D eigenvalue weighted by Crippen LogP contribution is 2.28. The second-order valence-corrected chi connectivity index (χ2v) is 7.88. The fraction of sp³-hybridized carbons (Fsp3) is 0.550. The molecule has 3 aliphatic rings. The van der Waals surface area contributed by atoms with E-state index in [-0.39, 0.29) is 37.9 Å². The van der Waals surface area contributed by atoms with Crippen LogP contribution in [0.2, 0.25) is 0 Å². The molecule has 3 heterocycles. The number of halogens is 1. The van der Waals surface area contributed by atoms with Crippen LogP contribution in [0, 0.1) is 0 Å². The second kappa shape index (κ2) is 8.17. The van der Waals surface area contributed by atoms with Gasteiger partial charge in [0, 0.05) is 44.7 Å². The molecular formula is C20H25FN4O4. The molecule has 0 bridgehead atoms. The van der Waals surface area contributed by atoms with Gasteiger partial charge in [0.15, 0.2) is 5.67 Å². The van der Waals surface area contributed by atoms with Crippen molar-refractivity contribution in [2.75, 3.05) is 32.8 Å². The summed E-state index contributed by atoms with van der Waals surface area (Å²) in [6.45, 7) is 2.43. The monoisotopic (exact) mass is 404 g/mol. The third-order valence-electron chi connectivity index (χ3n) is 5.58. The normalized spacial score (nSPS) is 27.6. The van der Waals surface area contributed by atoms with Gasteiger partial charge in [-0.25, -0.2) is 4.39 Å². The van der Waals surface area contributed by atoms with Gasteiger partial charge in [0.2, 0.25) is 11.8 Å². The van der Waals surface area contributed by atoms with E-state index in [4.69, 9.17) is 4.74 Å². The molecule has 0 spiro atoms. The third kappa shape index (κ3) is 4.31. The highest BCUT2D eigenvalue weighted by atomic mass is 19.1. The van der Waals surface area contributed by atoms with E-state index in [1.807, 2.05) is 12.1 Å². The minimum Gasteiger partial charge on any atom is -0.377 e. The molecule has 3 N–H and O–H groups in total. The van der Waals surface area contributed by atoms with Crippen LogP contribution in [-0.4, -0.2) is 67.2 Å². The predicted octanol–water partition coefficient (Wildman–Crippen LogP) is -0.135. The quantitative estimate of drug-likeness (QED) is 0.591. The van der Waals surface area contributed by atoms with Crippen LogP contribution >= 0.6 is 0 Å². The number of ether oxygens (including phenoxy) is 1. The van der Waals surface area contributed by atoms with E-state index in [0.717, 1.165) is 11.1 Å². The first-order valence-electron chi connectivity index (χ1n) is 9.90. The lowest BCUT2D eigenvalue weighted by Crippen LogP contribution is -2.52. The molecule has 0 saturated carbocycles. The fourth-order valence-corrected chi connectivity index (χ4v) is 4.04. The van der Waals surface area contributed by atoms with Crippen LogP contribution in [0.3, 0.4) is 0 Å². The van der Waals surface area contributed by atoms with E-state index in [9.17, 15) is 18.8 Å². The number of hydrogen-bond acceptors (Lipinski definition) is 6. The summed E-state index contributed by atoms with van der Waals surface area (Å²) in [4.78, 5) is 37.7. The lowest BCUT2D eigenvalue weighted by Gasteiger charge is -2.29. The first-order chi connectivity index (χ1) is 14.0. The zero-order valence-electron chi connectivity index (χ0n) is 16.1. The number of imide groups is 1. The molecule has 2 saturated heterocycles. The molecule has 156 valence electrons. The van der Waals surface area contributed by atoms with Gasteiger partial charge in [-0.05, 0) is 23.6 Å². The van der Waals surface area contributed by atoms with Crippen LogP contribution in [0.5, 0.6) is 0 Å². The van der Waals surface area contributed by atoms with Gasteiger partial charge < -0.3 is 20.3 Å². The molecule has 2 atom stereocenters. The standard InChI is InChI=1S/C20H25FN4O4/c21-20(10-22-5-6-29-12-20)11-23-8-13-1-2-15-14(7-13)9-25(19(15)28)16-3-4-17(26)24-18(16)27/h1-2,7,16,22-23H,3-6,8-12H2,(H,24,26,27). The van der Waals surface area contributed by atoms with Crippen molar-refractivity contribution < 1.29 is 23.5 Å². The van der Waals surface area contributed by atoms with E-state index in [1.165, 1.54) is 4.90 Å². The second-order valence-electron chi connectivity index (χ2n) is 7.88. The summed E-state index contributed by atoms with van der Waals surface area (Å²) in [5, 5.41) is 8.46. The van der Waals surface area contributed by atoms with Gasteiger partial charge in [0.25, 0.3) is 5.91 Å². The van der Waals surface area contributed by atoms with Crippen LogP contribution in [0.1, 0.15) is 34.3 Å². The molecule has 4 rings (SSSR count). The Morgan fingerprint density at radius 1 is 1.31 bits per heavy atom. The molecule has 0 aromatic heterocycles.